The molecule has 2 heteroatoms. The van der Waals surface area contributed by atoms with E-state index in [9.17, 15) is 5.11 Å². The molecule has 2 nitrogen and oxygen atoms in total. The van der Waals surface area contributed by atoms with E-state index in [0.29, 0.717) is 0 Å². The number of allylic oxidation sites excluding steroid dienone is 3. The van der Waals surface area contributed by atoms with Crippen molar-refractivity contribution in [1.82, 2.24) is 0 Å². The number of aliphatic hydroxyl groups is 1. The highest BCUT2D eigenvalue weighted by Crippen LogP contribution is 2.29. The average Bonchev–Trinajstić information content (AvgIpc) is 2.54. The zero-order valence-electron chi connectivity index (χ0n) is 14.7. The molecule has 1 aromatic rings. The van der Waals surface area contributed by atoms with Gasteiger partial charge in [0, 0.05) is 13.0 Å². The third-order valence-corrected chi connectivity index (χ3v) is 3.84. The fraction of sp³-hybridized carbons (Fsp3) is 0.429. The quantitative estimate of drug-likeness (QED) is 0.553. The summed E-state index contributed by atoms with van der Waals surface area (Å²) in [5.41, 5.74) is 4.58. The number of methoxy groups -OCH3 is 1. The van der Waals surface area contributed by atoms with Crippen molar-refractivity contribution in [3.8, 4) is 12.3 Å². The van der Waals surface area contributed by atoms with Gasteiger partial charge in [-0.25, -0.2) is 0 Å². The fourth-order valence-electron chi connectivity index (χ4n) is 2.63. The first-order chi connectivity index (χ1) is 11.0. The molecule has 0 heterocycles. The van der Waals surface area contributed by atoms with E-state index in [1.54, 1.807) is 7.11 Å². The van der Waals surface area contributed by atoms with E-state index in [-0.39, 0.29) is 18.6 Å². The maximum atomic E-state index is 9.84. The largest absolute Gasteiger partial charge is 0.395 e. The van der Waals surface area contributed by atoms with Crippen molar-refractivity contribution in [3.63, 3.8) is 0 Å². The summed E-state index contributed by atoms with van der Waals surface area (Å²) in [7, 11) is 1.61. The molecule has 0 aromatic heterocycles. The van der Waals surface area contributed by atoms with Crippen LogP contribution in [0.15, 0.2) is 47.6 Å². The molecule has 0 saturated carbocycles. The number of benzene rings is 1. The van der Waals surface area contributed by atoms with Crippen LogP contribution in [0.4, 0.5) is 0 Å². The van der Waals surface area contributed by atoms with Crippen molar-refractivity contribution in [3.05, 3.63) is 58.7 Å². The van der Waals surface area contributed by atoms with Gasteiger partial charge in [-0.15, -0.1) is 6.42 Å². The van der Waals surface area contributed by atoms with Gasteiger partial charge in [0.1, 0.15) is 6.10 Å². The van der Waals surface area contributed by atoms with Crippen molar-refractivity contribution in [1.29, 1.82) is 0 Å². The summed E-state index contributed by atoms with van der Waals surface area (Å²) in [4.78, 5) is 0. The Morgan fingerprint density at radius 1 is 1.26 bits per heavy atom. The van der Waals surface area contributed by atoms with E-state index < -0.39 is 0 Å². The molecule has 1 aromatic carbocycles. The van der Waals surface area contributed by atoms with Gasteiger partial charge in [-0.1, -0.05) is 53.5 Å². The SMILES string of the molecule is C#C[C@H](OC)c1ccccc1C(/C=C(/C)CCC=C(C)C)CO. The Morgan fingerprint density at radius 3 is 2.43 bits per heavy atom. The lowest BCUT2D eigenvalue weighted by atomic mass is 9.90. The van der Waals surface area contributed by atoms with Crippen LogP contribution in [0.2, 0.25) is 0 Å². The third-order valence-electron chi connectivity index (χ3n) is 3.84. The fourth-order valence-corrected chi connectivity index (χ4v) is 2.63. The molecule has 0 aliphatic heterocycles. The van der Waals surface area contributed by atoms with E-state index in [1.165, 1.54) is 11.1 Å². The number of ether oxygens (including phenoxy) is 1. The number of terminal acetylenes is 1. The number of rotatable bonds is 8. The molecular formula is C21H28O2. The van der Waals surface area contributed by atoms with Crippen LogP contribution in [0.1, 0.15) is 56.8 Å². The van der Waals surface area contributed by atoms with Crippen LogP contribution in [-0.2, 0) is 4.74 Å². The highest BCUT2D eigenvalue weighted by Gasteiger charge is 2.17. The van der Waals surface area contributed by atoms with E-state index in [4.69, 9.17) is 11.2 Å². The second-order valence-corrected chi connectivity index (χ2v) is 6.03. The van der Waals surface area contributed by atoms with Crippen molar-refractivity contribution in [2.75, 3.05) is 13.7 Å². The molecule has 0 bridgehead atoms. The first kappa shape index (κ1) is 19.2. The molecule has 2 atom stereocenters. The van der Waals surface area contributed by atoms with Gasteiger partial charge >= 0.3 is 0 Å². The summed E-state index contributed by atoms with van der Waals surface area (Å²) in [5, 5.41) is 9.84. The Labute approximate surface area is 140 Å². The minimum Gasteiger partial charge on any atom is -0.395 e. The van der Waals surface area contributed by atoms with Crippen LogP contribution in [0.3, 0.4) is 0 Å². The van der Waals surface area contributed by atoms with Crippen LogP contribution in [0.25, 0.3) is 0 Å². The van der Waals surface area contributed by atoms with Gasteiger partial charge in [-0.2, -0.15) is 0 Å². The molecule has 1 N–H and O–H groups in total. The Kier molecular flexibility index (Phi) is 8.40. The lowest BCUT2D eigenvalue weighted by Crippen LogP contribution is -2.09. The topological polar surface area (TPSA) is 29.5 Å². The summed E-state index contributed by atoms with van der Waals surface area (Å²) in [6.07, 6.45) is 11.6. The van der Waals surface area contributed by atoms with E-state index in [0.717, 1.165) is 24.0 Å². The molecule has 0 saturated heterocycles. The molecule has 1 rings (SSSR count). The first-order valence-electron chi connectivity index (χ1n) is 8.02. The number of hydrogen-bond acceptors (Lipinski definition) is 2. The molecule has 0 radical (unpaired) electrons. The van der Waals surface area contributed by atoms with E-state index >= 15 is 0 Å². The molecule has 0 amide bonds. The van der Waals surface area contributed by atoms with Crippen molar-refractivity contribution in [2.24, 2.45) is 0 Å². The summed E-state index contributed by atoms with van der Waals surface area (Å²) < 4.78 is 5.37. The van der Waals surface area contributed by atoms with E-state index in [2.05, 4.69) is 38.8 Å². The smallest absolute Gasteiger partial charge is 0.143 e. The molecule has 0 spiro atoms. The molecular weight excluding hydrogens is 284 g/mol. The summed E-state index contributed by atoms with van der Waals surface area (Å²) >= 11 is 0. The van der Waals surface area contributed by atoms with Gasteiger partial charge < -0.3 is 9.84 Å². The standard InChI is InChI=1S/C21H28O2/c1-6-21(23-5)20-13-8-7-12-19(20)18(15-22)14-17(4)11-9-10-16(2)3/h1,7-8,10,12-14,18,21-22H,9,11,15H2,2-5H3/b17-14-/t18?,21-/m0/s1. The number of aliphatic hydroxyl groups excluding tert-OH is 1. The monoisotopic (exact) mass is 312 g/mol. The van der Waals surface area contributed by atoms with Gasteiger partial charge in [-0.3, -0.25) is 0 Å². The second kappa shape index (κ2) is 10.0. The highest BCUT2D eigenvalue weighted by atomic mass is 16.5. The third kappa shape index (κ3) is 6.06. The van der Waals surface area contributed by atoms with Crippen LogP contribution in [-0.4, -0.2) is 18.8 Å². The summed E-state index contributed by atoms with van der Waals surface area (Å²) in [6.45, 7) is 6.38. The van der Waals surface area contributed by atoms with Gasteiger partial charge in [0.05, 0.1) is 6.61 Å². The van der Waals surface area contributed by atoms with Gasteiger partial charge in [-0.05, 0) is 44.7 Å². The molecule has 1 unspecified atom stereocenters. The molecule has 0 fully saturated rings. The van der Waals surface area contributed by atoms with Crippen LogP contribution >= 0.6 is 0 Å². The maximum absolute atomic E-state index is 9.84. The molecule has 23 heavy (non-hydrogen) atoms. The van der Waals surface area contributed by atoms with Gasteiger partial charge in [0.2, 0.25) is 0 Å². The first-order valence-corrected chi connectivity index (χ1v) is 8.02. The minimum absolute atomic E-state index is 0.0536. The Hall–Kier alpha value is -1.82. The minimum atomic E-state index is -0.389. The van der Waals surface area contributed by atoms with Crippen molar-refractivity contribution >= 4 is 0 Å². The van der Waals surface area contributed by atoms with Crippen molar-refractivity contribution in [2.45, 2.75) is 45.6 Å². The molecule has 0 aliphatic rings. The van der Waals surface area contributed by atoms with Crippen LogP contribution in [0.5, 0.6) is 0 Å². The number of hydrogen-bond donors (Lipinski definition) is 1. The Morgan fingerprint density at radius 2 is 1.91 bits per heavy atom. The highest BCUT2D eigenvalue weighted by molar-refractivity contribution is 5.38. The summed E-state index contributed by atoms with van der Waals surface area (Å²) in [5.74, 6) is 2.59. The van der Waals surface area contributed by atoms with Crippen molar-refractivity contribution < 1.29 is 9.84 Å². The van der Waals surface area contributed by atoms with Gasteiger partial charge in [0.25, 0.3) is 0 Å². The lowest BCUT2D eigenvalue weighted by Gasteiger charge is -2.19. The zero-order chi connectivity index (χ0) is 17.2. The summed E-state index contributed by atoms with van der Waals surface area (Å²) in [6, 6.07) is 7.90. The lowest BCUT2D eigenvalue weighted by molar-refractivity contribution is 0.149. The predicted octanol–water partition coefficient (Wildman–Crippen LogP) is 4.78. The van der Waals surface area contributed by atoms with E-state index in [1.807, 2.05) is 24.3 Å². The molecule has 0 aliphatic carbocycles. The maximum Gasteiger partial charge on any atom is 0.143 e. The predicted molar refractivity (Wildman–Crippen MR) is 97.3 cm³/mol. The zero-order valence-corrected chi connectivity index (χ0v) is 14.7. The Balaban J connectivity index is 3.02. The average molecular weight is 312 g/mol. The Bertz CT molecular complexity index is 586. The van der Waals surface area contributed by atoms with Crippen LogP contribution < -0.4 is 0 Å². The second-order valence-electron chi connectivity index (χ2n) is 6.03. The normalized spacial score (nSPS) is 14.0. The van der Waals surface area contributed by atoms with Crippen LogP contribution in [0, 0.1) is 12.3 Å². The van der Waals surface area contributed by atoms with Gasteiger partial charge in [0.15, 0.2) is 0 Å². The molecule has 124 valence electrons.